The highest BCUT2D eigenvalue weighted by Gasteiger charge is 2.35. The number of nitro groups is 1. The van der Waals surface area contributed by atoms with Gasteiger partial charge < -0.3 is 10.0 Å². The number of likely N-dealkylation sites (tertiary alicyclic amines) is 1. The Balaban J connectivity index is 2.50. The number of amides is 1. The third-order valence-corrected chi connectivity index (χ3v) is 4.67. The number of carboxylic acid groups (broad SMARTS) is 1. The fraction of sp³-hybridized carbons (Fsp3) is 0.385. The van der Waals surface area contributed by atoms with E-state index in [1.54, 1.807) is 0 Å². The molecule has 0 aliphatic carbocycles. The lowest BCUT2D eigenvalue weighted by molar-refractivity contribution is -0.385. The Kier molecular flexibility index (Phi) is 4.37. The van der Waals surface area contributed by atoms with Gasteiger partial charge in [-0.25, -0.2) is 13.2 Å². The molecule has 23 heavy (non-hydrogen) atoms. The molecule has 0 radical (unpaired) electrons. The number of sulfone groups is 1. The number of nitrogens with zero attached hydrogens (tertiary/aromatic N) is 2. The van der Waals surface area contributed by atoms with Crippen LogP contribution in [0.3, 0.4) is 0 Å². The molecule has 1 aromatic carbocycles. The lowest BCUT2D eigenvalue weighted by atomic mass is 10.1. The molecular formula is C13H14N2O7S. The quantitative estimate of drug-likeness (QED) is 0.628. The first-order valence-electron chi connectivity index (χ1n) is 6.64. The van der Waals surface area contributed by atoms with Gasteiger partial charge in [0.15, 0.2) is 9.84 Å². The third kappa shape index (κ3) is 3.47. The third-order valence-electron chi connectivity index (χ3n) is 3.58. The van der Waals surface area contributed by atoms with Crippen LogP contribution in [0.5, 0.6) is 0 Å². The number of hydrogen-bond donors (Lipinski definition) is 1. The smallest absolute Gasteiger partial charge is 0.326 e. The SMILES string of the molecule is CS(=O)(=O)c1cc(C(=O)N2CCCC2C(=O)O)cc([N+](=O)[O-])c1. The van der Waals surface area contributed by atoms with Crippen LogP contribution in [0.4, 0.5) is 5.69 Å². The molecule has 1 aliphatic heterocycles. The van der Waals surface area contributed by atoms with E-state index in [1.807, 2.05) is 0 Å². The second-order valence-corrected chi connectivity index (χ2v) is 7.26. The van der Waals surface area contributed by atoms with Crippen LogP contribution >= 0.6 is 0 Å². The Morgan fingerprint density at radius 2 is 2.00 bits per heavy atom. The van der Waals surface area contributed by atoms with Gasteiger partial charge in [-0.2, -0.15) is 0 Å². The normalized spacial score (nSPS) is 18.0. The van der Waals surface area contributed by atoms with E-state index in [4.69, 9.17) is 5.11 Å². The minimum Gasteiger partial charge on any atom is -0.480 e. The number of non-ortho nitro benzene ring substituents is 1. The molecule has 1 amide bonds. The molecule has 1 aliphatic rings. The zero-order valence-corrected chi connectivity index (χ0v) is 12.9. The molecule has 10 heteroatoms. The number of hydrogen-bond acceptors (Lipinski definition) is 6. The van der Waals surface area contributed by atoms with Gasteiger partial charge >= 0.3 is 5.97 Å². The molecule has 0 aromatic heterocycles. The van der Waals surface area contributed by atoms with Gasteiger partial charge in [0, 0.05) is 30.5 Å². The summed E-state index contributed by atoms with van der Waals surface area (Å²) in [5, 5.41) is 20.0. The maximum absolute atomic E-state index is 12.5. The van der Waals surface area contributed by atoms with Crippen LogP contribution < -0.4 is 0 Å². The van der Waals surface area contributed by atoms with Crippen molar-refractivity contribution in [2.45, 2.75) is 23.8 Å². The van der Waals surface area contributed by atoms with Crippen LogP contribution in [0.2, 0.25) is 0 Å². The number of carbonyl (C=O) groups is 2. The second kappa shape index (κ2) is 5.95. The van der Waals surface area contributed by atoms with Gasteiger partial charge in [-0.05, 0) is 18.9 Å². The monoisotopic (exact) mass is 342 g/mol. The fourth-order valence-electron chi connectivity index (χ4n) is 2.46. The lowest BCUT2D eigenvalue weighted by Gasteiger charge is -2.21. The van der Waals surface area contributed by atoms with E-state index in [9.17, 15) is 28.1 Å². The van der Waals surface area contributed by atoms with Crippen molar-refractivity contribution in [1.82, 2.24) is 4.90 Å². The van der Waals surface area contributed by atoms with Crippen molar-refractivity contribution in [3.63, 3.8) is 0 Å². The molecule has 0 bridgehead atoms. The first kappa shape index (κ1) is 16.9. The highest BCUT2D eigenvalue weighted by Crippen LogP contribution is 2.25. The van der Waals surface area contributed by atoms with E-state index < -0.39 is 38.4 Å². The number of carbonyl (C=O) groups excluding carboxylic acids is 1. The first-order valence-corrected chi connectivity index (χ1v) is 8.53. The summed E-state index contributed by atoms with van der Waals surface area (Å²) in [6.45, 7) is 0.201. The molecule has 1 atom stereocenters. The number of nitro benzene ring substituents is 1. The summed E-state index contributed by atoms with van der Waals surface area (Å²) in [5.74, 6) is -1.90. The lowest BCUT2D eigenvalue weighted by Crippen LogP contribution is -2.40. The fourth-order valence-corrected chi connectivity index (χ4v) is 3.13. The molecule has 124 valence electrons. The van der Waals surface area contributed by atoms with E-state index in [1.165, 1.54) is 0 Å². The van der Waals surface area contributed by atoms with Crippen molar-refractivity contribution < 1.29 is 28.0 Å². The Bertz CT molecular complexity index is 788. The molecular weight excluding hydrogens is 328 g/mol. The second-order valence-electron chi connectivity index (χ2n) is 5.24. The van der Waals surface area contributed by atoms with Crippen LogP contribution in [0, 0.1) is 10.1 Å². The van der Waals surface area contributed by atoms with Crippen molar-refractivity contribution in [1.29, 1.82) is 0 Å². The molecule has 2 rings (SSSR count). The van der Waals surface area contributed by atoms with Crippen LogP contribution in [-0.2, 0) is 14.6 Å². The molecule has 0 spiro atoms. The number of benzene rings is 1. The van der Waals surface area contributed by atoms with Crippen LogP contribution in [0.15, 0.2) is 23.1 Å². The average Bonchev–Trinajstić information content (AvgIpc) is 2.94. The van der Waals surface area contributed by atoms with E-state index in [0.29, 0.717) is 6.42 Å². The average molecular weight is 342 g/mol. The number of aliphatic carboxylic acids is 1. The molecule has 1 saturated heterocycles. The standard InChI is InChI=1S/C13H14N2O7S/c1-23(21,22)10-6-8(5-9(7-10)15(19)20)12(16)14-4-2-3-11(14)13(17)18/h5-7,11H,2-4H2,1H3,(H,17,18). The first-order chi connectivity index (χ1) is 10.6. The van der Waals surface area contributed by atoms with Crippen molar-refractivity contribution >= 4 is 27.4 Å². The van der Waals surface area contributed by atoms with Gasteiger partial charge in [-0.15, -0.1) is 0 Å². The molecule has 1 heterocycles. The zero-order chi connectivity index (χ0) is 17.4. The Morgan fingerprint density at radius 3 is 2.52 bits per heavy atom. The minimum absolute atomic E-state index is 0.201. The van der Waals surface area contributed by atoms with Gasteiger partial charge in [0.05, 0.1) is 9.82 Å². The van der Waals surface area contributed by atoms with Gasteiger partial charge in [0.25, 0.3) is 11.6 Å². The molecule has 1 aromatic rings. The van der Waals surface area contributed by atoms with Crippen LogP contribution in [-0.4, -0.2) is 54.1 Å². The zero-order valence-electron chi connectivity index (χ0n) is 12.1. The maximum atomic E-state index is 12.5. The Morgan fingerprint density at radius 1 is 1.35 bits per heavy atom. The summed E-state index contributed by atoms with van der Waals surface area (Å²) in [6, 6.07) is 1.84. The summed E-state index contributed by atoms with van der Waals surface area (Å²) in [4.78, 5) is 34.5. The summed E-state index contributed by atoms with van der Waals surface area (Å²) in [7, 11) is -3.76. The van der Waals surface area contributed by atoms with Gasteiger partial charge in [0.2, 0.25) is 0 Å². The van der Waals surface area contributed by atoms with Crippen molar-refractivity contribution in [3.8, 4) is 0 Å². The molecule has 1 N–H and O–H groups in total. The predicted octanol–water partition coefficient (Wildman–Crippen LogP) is 0.688. The van der Waals surface area contributed by atoms with Gasteiger partial charge in [-0.3, -0.25) is 14.9 Å². The van der Waals surface area contributed by atoms with Gasteiger partial charge in [0.1, 0.15) is 6.04 Å². The van der Waals surface area contributed by atoms with E-state index in [0.717, 1.165) is 29.4 Å². The summed E-state index contributed by atoms with van der Waals surface area (Å²) < 4.78 is 23.3. The minimum atomic E-state index is -3.76. The molecule has 9 nitrogen and oxygen atoms in total. The largest absolute Gasteiger partial charge is 0.480 e. The highest BCUT2D eigenvalue weighted by molar-refractivity contribution is 7.90. The van der Waals surface area contributed by atoms with Crippen molar-refractivity contribution in [2.75, 3.05) is 12.8 Å². The number of carboxylic acids is 1. The summed E-state index contributed by atoms with van der Waals surface area (Å²) >= 11 is 0. The summed E-state index contributed by atoms with van der Waals surface area (Å²) in [5.41, 5.74) is -0.755. The van der Waals surface area contributed by atoms with Crippen molar-refractivity contribution in [2.24, 2.45) is 0 Å². The Hall–Kier alpha value is -2.49. The Labute approximate surface area is 131 Å². The maximum Gasteiger partial charge on any atom is 0.326 e. The predicted molar refractivity (Wildman–Crippen MR) is 77.9 cm³/mol. The molecule has 0 saturated carbocycles. The summed E-state index contributed by atoms with van der Waals surface area (Å²) in [6.07, 6.45) is 1.65. The molecule has 1 unspecified atom stereocenters. The topological polar surface area (TPSA) is 135 Å². The molecule has 1 fully saturated rings. The highest BCUT2D eigenvalue weighted by atomic mass is 32.2. The van der Waals surface area contributed by atoms with Crippen LogP contribution in [0.1, 0.15) is 23.2 Å². The van der Waals surface area contributed by atoms with Gasteiger partial charge in [-0.1, -0.05) is 0 Å². The van der Waals surface area contributed by atoms with Crippen LogP contribution in [0.25, 0.3) is 0 Å². The number of rotatable bonds is 4. The van der Waals surface area contributed by atoms with E-state index in [2.05, 4.69) is 0 Å². The van der Waals surface area contributed by atoms with Crippen molar-refractivity contribution in [3.05, 3.63) is 33.9 Å². The van der Waals surface area contributed by atoms with E-state index in [-0.39, 0.29) is 23.4 Å². The van der Waals surface area contributed by atoms with E-state index >= 15 is 0 Å².